The van der Waals surface area contributed by atoms with E-state index in [-0.39, 0.29) is 11.4 Å². The normalized spacial score (nSPS) is 12.0. The minimum Gasteiger partial charge on any atom is -0.497 e. The summed E-state index contributed by atoms with van der Waals surface area (Å²) in [5.74, 6) is 0.283. The zero-order chi connectivity index (χ0) is 18.0. The fraction of sp³-hybridized carbons (Fsp3) is 0.167. The Balaban J connectivity index is 1.88. The number of esters is 1. The molecular formula is C18H15BrN2O4. The third-order valence-corrected chi connectivity index (χ3v) is 4.39. The van der Waals surface area contributed by atoms with E-state index < -0.39 is 12.1 Å². The molecule has 0 saturated carbocycles. The maximum atomic E-state index is 12.4. The molecule has 0 aliphatic carbocycles. The van der Waals surface area contributed by atoms with Crippen molar-refractivity contribution >= 4 is 32.8 Å². The Hall–Kier alpha value is -2.67. The van der Waals surface area contributed by atoms with Gasteiger partial charge < -0.3 is 14.5 Å². The highest BCUT2D eigenvalue weighted by Crippen LogP contribution is 2.25. The van der Waals surface area contributed by atoms with Crippen LogP contribution in [-0.4, -0.2) is 23.0 Å². The summed E-state index contributed by atoms with van der Waals surface area (Å²) in [4.78, 5) is 31.6. The number of benzene rings is 2. The van der Waals surface area contributed by atoms with E-state index in [0.29, 0.717) is 26.7 Å². The molecule has 0 fully saturated rings. The van der Waals surface area contributed by atoms with Crippen LogP contribution < -0.4 is 10.3 Å². The van der Waals surface area contributed by atoms with Crippen molar-refractivity contribution in [3.05, 3.63) is 68.7 Å². The van der Waals surface area contributed by atoms with Gasteiger partial charge >= 0.3 is 5.97 Å². The topological polar surface area (TPSA) is 81.3 Å². The molecule has 6 nitrogen and oxygen atoms in total. The third kappa shape index (κ3) is 3.56. The molecule has 0 radical (unpaired) electrons. The number of fused-ring (bicyclic) bond motifs is 1. The van der Waals surface area contributed by atoms with Gasteiger partial charge in [-0.25, -0.2) is 9.78 Å². The zero-order valence-electron chi connectivity index (χ0n) is 13.6. The highest BCUT2D eigenvalue weighted by atomic mass is 79.9. The second-order valence-corrected chi connectivity index (χ2v) is 6.22. The Morgan fingerprint density at radius 1 is 1.24 bits per heavy atom. The standard InChI is InChI=1S/C18H15BrN2O4/c1-10(16-20-15-6-4-3-5-12(15)17(22)21-16)25-18(23)13-9-11(24-2)7-8-14(13)19/h3-10H,1-2H3,(H,20,21,22)/t10-/m0/s1. The number of aromatic amines is 1. The Bertz CT molecular complexity index is 1000. The lowest BCUT2D eigenvalue weighted by Crippen LogP contribution is -2.17. The summed E-state index contributed by atoms with van der Waals surface area (Å²) in [6.07, 6.45) is -0.720. The third-order valence-electron chi connectivity index (χ3n) is 3.69. The molecule has 3 aromatic rings. The first kappa shape index (κ1) is 17.2. The molecule has 1 heterocycles. The van der Waals surface area contributed by atoms with Gasteiger partial charge in [0.1, 0.15) is 5.75 Å². The number of carbonyl (C=O) groups excluding carboxylic acids is 1. The van der Waals surface area contributed by atoms with Crippen LogP contribution in [0.3, 0.4) is 0 Å². The number of hydrogen-bond acceptors (Lipinski definition) is 5. The van der Waals surface area contributed by atoms with E-state index in [9.17, 15) is 9.59 Å². The van der Waals surface area contributed by atoms with Crippen LogP contribution in [0.4, 0.5) is 0 Å². The number of aromatic nitrogens is 2. The van der Waals surface area contributed by atoms with Gasteiger partial charge in [-0.15, -0.1) is 0 Å². The Morgan fingerprint density at radius 2 is 2.00 bits per heavy atom. The van der Waals surface area contributed by atoms with Gasteiger partial charge in [0.2, 0.25) is 0 Å². The number of ether oxygens (including phenoxy) is 2. The molecule has 25 heavy (non-hydrogen) atoms. The fourth-order valence-electron chi connectivity index (χ4n) is 2.36. The highest BCUT2D eigenvalue weighted by Gasteiger charge is 2.19. The highest BCUT2D eigenvalue weighted by molar-refractivity contribution is 9.10. The van der Waals surface area contributed by atoms with E-state index in [1.165, 1.54) is 7.11 Å². The predicted octanol–water partition coefficient (Wildman–Crippen LogP) is 3.61. The van der Waals surface area contributed by atoms with Crippen LogP contribution in [0, 0.1) is 0 Å². The molecule has 0 amide bonds. The van der Waals surface area contributed by atoms with Crippen molar-refractivity contribution in [2.24, 2.45) is 0 Å². The number of carbonyl (C=O) groups is 1. The van der Waals surface area contributed by atoms with Crippen LogP contribution in [0.25, 0.3) is 10.9 Å². The first-order valence-corrected chi connectivity index (χ1v) is 8.32. The van der Waals surface area contributed by atoms with E-state index in [0.717, 1.165) is 0 Å². The summed E-state index contributed by atoms with van der Waals surface area (Å²) in [6.45, 7) is 1.65. The molecule has 0 unspecified atom stereocenters. The first-order valence-electron chi connectivity index (χ1n) is 7.53. The molecular weight excluding hydrogens is 388 g/mol. The van der Waals surface area contributed by atoms with Crippen molar-refractivity contribution in [1.29, 1.82) is 0 Å². The molecule has 0 spiro atoms. The Kier molecular flexibility index (Phi) is 4.85. The Labute approximate surface area is 151 Å². The Morgan fingerprint density at radius 3 is 2.76 bits per heavy atom. The molecule has 2 aromatic carbocycles. The fourth-order valence-corrected chi connectivity index (χ4v) is 2.77. The SMILES string of the molecule is COc1ccc(Br)c(C(=O)O[C@@H](C)c2nc3ccccc3c(=O)[nH]2)c1. The van der Waals surface area contributed by atoms with E-state index in [1.54, 1.807) is 49.4 Å². The van der Waals surface area contributed by atoms with E-state index >= 15 is 0 Å². The van der Waals surface area contributed by atoms with Gasteiger partial charge in [0.15, 0.2) is 11.9 Å². The average Bonchev–Trinajstić information content (AvgIpc) is 2.62. The number of rotatable bonds is 4. The minimum absolute atomic E-state index is 0.272. The van der Waals surface area contributed by atoms with Gasteiger partial charge in [0.05, 0.1) is 23.6 Å². The van der Waals surface area contributed by atoms with Crippen LogP contribution >= 0.6 is 15.9 Å². The molecule has 0 aliphatic heterocycles. The smallest absolute Gasteiger partial charge is 0.340 e. The molecule has 1 N–H and O–H groups in total. The molecule has 7 heteroatoms. The van der Waals surface area contributed by atoms with Gasteiger partial charge in [-0.1, -0.05) is 12.1 Å². The number of halogens is 1. The number of methoxy groups -OCH3 is 1. The summed E-state index contributed by atoms with van der Waals surface area (Å²) in [5, 5.41) is 0.486. The maximum Gasteiger partial charge on any atom is 0.340 e. The van der Waals surface area contributed by atoms with E-state index in [2.05, 4.69) is 25.9 Å². The number of nitrogens with one attached hydrogen (secondary N) is 1. The lowest BCUT2D eigenvalue weighted by Gasteiger charge is -2.14. The predicted molar refractivity (Wildman–Crippen MR) is 96.9 cm³/mol. The molecule has 3 rings (SSSR count). The summed E-state index contributed by atoms with van der Waals surface area (Å²) >= 11 is 3.32. The molecule has 0 saturated heterocycles. The van der Waals surface area contributed by atoms with Crippen LogP contribution in [-0.2, 0) is 4.74 Å². The lowest BCUT2D eigenvalue weighted by atomic mass is 10.2. The van der Waals surface area contributed by atoms with Crippen molar-refractivity contribution < 1.29 is 14.3 Å². The maximum absolute atomic E-state index is 12.4. The number of H-pyrrole nitrogens is 1. The van der Waals surface area contributed by atoms with E-state index in [4.69, 9.17) is 9.47 Å². The van der Waals surface area contributed by atoms with Gasteiger partial charge in [0, 0.05) is 4.47 Å². The molecule has 0 aliphatic rings. The summed E-state index contributed by atoms with van der Waals surface area (Å²) in [7, 11) is 1.52. The molecule has 128 valence electrons. The van der Waals surface area contributed by atoms with Crippen LogP contribution in [0.2, 0.25) is 0 Å². The molecule has 1 aromatic heterocycles. The summed E-state index contributed by atoms with van der Waals surface area (Å²) in [5.41, 5.74) is 0.604. The monoisotopic (exact) mass is 402 g/mol. The quantitative estimate of drug-likeness (QED) is 0.674. The largest absolute Gasteiger partial charge is 0.497 e. The van der Waals surface area contributed by atoms with Crippen molar-refractivity contribution in [1.82, 2.24) is 9.97 Å². The minimum atomic E-state index is -0.720. The number of para-hydroxylation sites is 1. The van der Waals surface area contributed by atoms with Crippen LogP contribution in [0.1, 0.15) is 29.2 Å². The second-order valence-electron chi connectivity index (χ2n) is 5.36. The van der Waals surface area contributed by atoms with Gasteiger partial charge in [-0.2, -0.15) is 0 Å². The van der Waals surface area contributed by atoms with Gasteiger partial charge in [0.25, 0.3) is 5.56 Å². The lowest BCUT2D eigenvalue weighted by molar-refractivity contribution is 0.0318. The number of nitrogens with zero attached hydrogens (tertiary/aromatic N) is 1. The first-order chi connectivity index (χ1) is 12.0. The van der Waals surface area contributed by atoms with Crippen molar-refractivity contribution in [3.8, 4) is 5.75 Å². The average molecular weight is 403 g/mol. The molecule has 0 bridgehead atoms. The summed E-state index contributed by atoms with van der Waals surface area (Å²) < 4.78 is 11.2. The van der Waals surface area contributed by atoms with Gasteiger partial charge in [-0.05, 0) is 53.2 Å². The zero-order valence-corrected chi connectivity index (χ0v) is 15.2. The van der Waals surface area contributed by atoms with Gasteiger partial charge in [-0.3, -0.25) is 4.79 Å². The van der Waals surface area contributed by atoms with Crippen molar-refractivity contribution in [3.63, 3.8) is 0 Å². The van der Waals surface area contributed by atoms with Crippen LogP contribution in [0.5, 0.6) is 5.75 Å². The summed E-state index contributed by atoms with van der Waals surface area (Å²) in [6, 6.07) is 12.0. The van der Waals surface area contributed by atoms with Crippen LogP contribution in [0.15, 0.2) is 51.7 Å². The number of hydrogen-bond donors (Lipinski definition) is 1. The molecule has 1 atom stereocenters. The second kappa shape index (κ2) is 7.06. The van der Waals surface area contributed by atoms with E-state index in [1.807, 2.05) is 0 Å². The van der Waals surface area contributed by atoms with Crippen molar-refractivity contribution in [2.45, 2.75) is 13.0 Å². The van der Waals surface area contributed by atoms with Crippen molar-refractivity contribution in [2.75, 3.05) is 7.11 Å².